The standard InChI is InChI=1S/C24H33N5O5/c1-14(2)12-28-22-18(9-10-19(30)27-11-5-6-17(27)13-34-4)15(3)26-29(22)24(33)20(23(28)32)21(31)25-16-7-8-16/h9-10,14,16-17,33H,5-8,11-13H2,1-4H3,(H,25,31)/b10-9+/t17-/m1/s1. The molecule has 2 aliphatic rings. The van der Waals surface area contributed by atoms with Gasteiger partial charge in [-0.1, -0.05) is 13.8 Å². The molecule has 1 atom stereocenters. The lowest BCUT2D eigenvalue weighted by Crippen LogP contribution is -2.37. The minimum absolute atomic E-state index is 0.0388. The SMILES string of the molecule is COC[C@H]1CCCN1C(=O)/C=C/c1c(C)nn2c(O)c(C(=O)NC3CC3)c(=O)n(CC(C)C)c12. The number of hydrogen-bond acceptors (Lipinski definition) is 6. The highest BCUT2D eigenvalue weighted by molar-refractivity contribution is 5.97. The highest BCUT2D eigenvalue weighted by Crippen LogP contribution is 2.26. The number of aromatic hydroxyl groups is 1. The van der Waals surface area contributed by atoms with Gasteiger partial charge < -0.3 is 20.1 Å². The van der Waals surface area contributed by atoms with E-state index < -0.39 is 17.3 Å². The van der Waals surface area contributed by atoms with Crippen LogP contribution in [0.15, 0.2) is 10.9 Å². The quantitative estimate of drug-likeness (QED) is 0.566. The fraction of sp³-hybridized carbons (Fsp3) is 0.583. The van der Waals surface area contributed by atoms with Gasteiger partial charge in [0.05, 0.1) is 18.3 Å². The summed E-state index contributed by atoms with van der Waals surface area (Å²) in [4.78, 5) is 40.8. The van der Waals surface area contributed by atoms with Crippen LogP contribution in [0.25, 0.3) is 11.7 Å². The molecule has 184 valence electrons. The summed E-state index contributed by atoms with van der Waals surface area (Å²) >= 11 is 0. The zero-order valence-electron chi connectivity index (χ0n) is 20.2. The van der Waals surface area contributed by atoms with Gasteiger partial charge in [-0.05, 0) is 44.6 Å². The molecule has 3 heterocycles. The van der Waals surface area contributed by atoms with Gasteiger partial charge in [0.2, 0.25) is 11.8 Å². The first-order valence-corrected chi connectivity index (χ1v) is 11.9. The molecule has 0 unspecified atom stereocenters. The van der Waals surface area contributed by atoms with Crippen molar-refractivity contribution in [3.63, 3.8) is 0 Å². The Kier molecular flexibility index (Phi) is 6.79. The van der Waals surface area contributed by atoms with Crippen LogP contribution in [0.4, 0.5) is 0 Å². The minimum Gasteiger partial charge on any atom is -0.492 e. The number of carbonyl (C=O) groups excluding carboxylic acids is 2. The minimum atomic E-state index is -0.594. The molecule has 2 aromatic rings. The molecule has 0 spiro atoms. The van der Waals surface area contributed by atoms with E-state index in [0.717, 1.165) is 25.7 Å². The average Bonchev–Trinajstić information content (AvgIpc) is 3.35. The molecule has 10 nitrogen and oxygen atoms in total. The summed E-state index contributed by atoms with van der Waals surface area (Å²) in [5.41, 5.74) is 0.561. The molecule has 0 aromatic carbocycles. The maximum Gasteiger partial charge on any atom is 0.270 e. The molecule has 2 fully saturated rings. The predicted octanol–water partition coefficient (Wildman–Crippen LogP) is 1.71. The van der Waals surface area contributed by atoms with E-state index in [1.807, 2.05) is 13.8 Å². The molecule has 2 N–H and O–H groups in total. The van der Waals surface area contributed by atoms with Crippen LogP contribution in [0.3, 0.4) is 0 Å². The number of amides is 2. The predicted molar refractivity (Wildman–Crippen MR) is 127 cm³/mol. The number of fused-ring (bicyclic) bond motifs is 1. The molecular formula is C24H33N5O5. The normalized spacial score (nSPS) is 18.5. The number of aryl methyl sites for hydroxylation is 1. The van der Waals surface area contributed by atoms with Gasteiger partial charge >= 0.3 is 0 Å². The van der Waals surface area contributed by atoms with E-state index in [1.165, 1.54) is 15.2 Å². The highest BCUT2D eigenvalue weighted by atomic mass is 16.5. The van der Waals surface area contributed by atoms with E-state index in [2.05, 4.69) is 10.4 Å². The number of ether oxygens (including phenoxy) is 1. The van der Waals surface area contributed by atoms with E-state index in [4.69, 9.17) is 4.74 Å². The van der Waals surface area contributed by atoms with Crippen LogP contribution in [-0.4, -0.2) is 68.3 Å². The van der Waals surface area contributed by atoms with Gasteiger partial charge in [0.25, 0.3) is 11.5 Å². The average molecular weight is 472 g/mol. The number of carbonyl (C=O) groups is 2. The number of nitrogens with zero attached hydrogens (tertiary/aromatic N) is 4. The van der Waals surface area contributed by atoms with Crippen molar-refractivity contribution in [1.82, 2.24) is 24.4 Å². The third-order valence-electron chi connectivity index (χ3n) is 6.32. The Morgan fingerprint density at radius 1 is 1.29 bits per heavy atom. The summed E-state index contributed by atoms with van der Waals surface area (Å²) in [5, 5.41) is 18.1. The molecule has 0 radical (unpaired) electrons. The van der Waals surface area contributed by atoms with Crippen molar-refractivity contribution in [3.8, 4) is 5.88 Å². The Hall–Kier alpha value is -3.14. The van der Waals surface area contributed by atoms with Crippen molar-refractivity contribution in [1.29, 1.82) is 0 Å². The fourth-order valence-electron chi connectivity index (χ4n) is 4.52. The van der Waals surface area contributed by atoms with Crippen LogP contribution in [-0.2, 0) is 16.1 Å². The summed E-state index contributed by atoms with van der Waals surface area (Å²) in [6.45, 7) is 7.16. The van der Waals surface area contributed by atoms with E-state index in [0.29, 0.717) is 36.6 Å². The molecule has 1 aliphatic carbocycles. The van der Waals surface area contributed by atoms with Crippen molar-refractivity contribution in [2.75, 3.05) is 20.3 Å². The summed E-state index contributed by atoms with van der Waals surface area (Å²) < 4.78 is 7.94. The van der Waals surface area contributed by atoms with E-state index in [9.17, 15) is 19.5 Å². The molecular weight excluding hydrogens is 438 g/mol. The fourth-order valence-corrected chi connectivity index (χ4v) is 4.52. The van der Waals surface area contributed by atoms with Gasteiger partial charge in [-0.25, -0.2) is 0 Å². The molecule has 1 aliphatic heterocycles. The van der Waals surface area contributed by atoms with Crippen molar-refractivity contribution in [2.24, 2.45) is 5.92 Å². The summed E-state index contributed by atoms with van der Waals surface area (Å²) in [7, 11) is 1.62. The zero-order valence-corrected chi connectivity index (χ0v) is 20.2. The maximum atomic E-state index is 13.4. The van der Waals surface area contributed by atoms with Gasteiger partial charge in [-0.2, -0.15) is 9.61 Å². The summed E-state index contributed by atoms with van der Waals surface area (Å²) in [6.07, 6.45) is 6.67. The smallest absolute Gasteiger partial charge is 0.270 e. The second-order valence-corrected chi connectivity index (χ2v) is 9.61. The molecule has 2 amide bonds. The lowest BCUT2D eigenvalue weighted by Gasteiger charge is -2.22. The Labute approximate surface area is 198 Å². The summed E-state index contributed by atoms with van der Waals surface area (Å²) in [5.74, 6) is -1.13. The maximum absolute atomic E-state index is 13.4. The number of likely N-dealkylation sites (tertiary alicyclic amines) is 1. The number of hydrogen-bond donors (Lipinski definition) is 2. The van der Waals surface area contributed by atoms with Crippen molar-refractivity contribution < 1.29 is 19.4 Å². The molecule has 4 rings (SSSR count). The van der Waals surface area contributed by atoms with Gasteiger partial charge in [0.15, 0.2) is 5.56 Å². The van der Waals surface area contributed by atoms with E-state index >= 15 is 0 Å². The molecule has 1 saturated carbocycles. The largest absolute Gasteiger partial charge is 0.492 e. The number of aromatic nitrogens is 3. The molecule has 34 heavy (non-hydrogen) atoms. The Balaban J connectivity index is 1.78. The van der Waals surface area contributed by atoms with Gasteiger partial charge in [-0.3, -0.25) is 19.0 Å². The van der Waals surface area contributed by atoms with Gasteiger partial charge in [-0.15, -0.1) is 0 Å². The van der Waals surface area contributed by atoms with Crippen LogP contribution in [0, 0.1) is 12.8 Å². The Bertz CT molecular complexity index is 1190. The van der Waals surface area contributed by atoms with Crippen molar-refractivity contribution in [2.45, 2.75) is 65.1 Å². The topological polar surface area (TPSA) is 118 Å². The lowest BCUT2D eigenvalue weighted by atomic mass is 10.1. The zero-order chi connectivity index (χ0) is 24.6. The van der Waals surface area contributed by atoms with Crippen LogP contribution < -0.4 is 10.9 Å². The number of nitrogens with one attached hydrogen (secondary N) is 1. The molecule has 10 heteroatoms. The first kappa shape index (κ1) is 24.0. The molecule has 2 aromatic heterocycles. The third kappa shape index (κ3) is 4.59. The second-order valence-electron chi connectivity index (χ2n) is 9.61. The summed E-state index contributed by atoms with van der Waals surface area (Å²) in [6, 6.07) is 0.0831. The monoisotopic (exact) mass is 471 g/mol. The number of rotatable bonds is 8. The number of methoxy groups -OCH3 is 1. The first-order valence-electron chi connectivity index (χ1n) is 11.9. The first-order chi connectivity index (χ1) is 16.2. The van der Waals surface area contributed by atoms with Crippen LogP contribution in [0.2, 0.25) is 0 Å². The van der Waals surface area contributed by atoms with Crippen LogP contribution >= 0.6 is 0 Å². The van der Waals surface area contributed by atoms with Crippen LogP contribution in [0.5, 0.6) is 5.88 Å². The van der Waals surface area contributed by atoms with Gasteiger partial charge in [0, 0.05) is 37.9 Å². The van der Waals surface area contributed by atoms with E-state index in [-0.39, 0.29) is 29.5 Å². The van der Waals surface area contributed by atoms with Crippen molar-refractivity contribution >= 4 is 23.5 Å². The molecule has 1 saturated heterocycles. The second kappa shape index (κ2) is 9.61. The Morgan fingerprint density at radius 3 is 2.68 bits per heavy atom. The Morgan fingerprint density at radius 2 is 2.03 bits per heavy atom. The van der Waals surface area contributed by atoms with Crippen LogP contribution in [0.1, 0.15) is 61.1 Å². The third-order valence-corrected chi connectivity index (χ3v) is 6.32. The molecule has 0 bridgehead atoms. The van der Waals surface area contributed by atoms with E-state index in [1.54, 1.807) is 25.0 Å². The van der Waals surface area contributed by atoms with Gasteiger partial charge in [0.1, 0.15) is 5.65 Å². The lowest BCUT2D eigenvalue weighted by molar-refractivity contribution is -0.127. The highest BCUT2D eigenvalue weighted by Gasteiger charge is 2.31. The van der Waals surface area contributed by atoms with Crippen molar-refractivity contribution in [3.05, 3.63) is 33.3 Å².